The molecule has 2 N–H and O–H groups in total. The highest BCUT2D eigenvalue weighted by Crippen LogP contribution is 2.25. The summed E-state index contributed by atoms with van der Waals surface area (Å²) >= 11 is 5.50. The molecule has 0 atom stereocenters. The van der Waals surface area contributed by atoms with Crippen molar-refractivity contribution < 1.29 is 4.79 Å². The van der Waals surface area contributed by atoms with Crippen LogP contribution < -0.4 is 15.5 Å². The minimum absolute atomic E-state index is 0.162. The molecule has 1 aliphatic rings. The van der Waals surface area contributed by atoms with Gasteiger partial charge in [0.15, 0.2) is 5.11 Å². The Hall–Kier alpha value is -4.00. The standard InChI is InChI=1S/C32H32N4OS/c37-31(30(26-12-6-2-7-13-26)27-14-8-3-9-15-27)34-32(38)33-28-16-18-29(19-17-28)36-22-20-35(21-23-36)24-25-10-4-1-5-11-25/h1-19,30H,20-24H2,(H2,33,34,37,38). The van der Waals surface area contributed by atoms with Gasteiger partial charge in [0.2, 0.25) is 5.91 Å². The van der Waals surface area contributed by atoms with Crippen molar-refractivity contribution in [1.82, 2.24) is 10.2 Å². The normalized spacial score (nSPS) is 13.8. The van der Waals surface area contributed by atoms with Crippen molar-refractivity contribution in [3.63, 3.8) is 0 Å². The second-order valence-electron chi connectivity index (χ2n) is 9.49. The molecule has 5 nitrogen and oxygen atoms in total. The van der Waals surface area contributed by atoms with Gasteiger partial charge in [0.1, 0.15) is 0 Å². The van der Waals surface area contributed by atoms with Gasteiger partial charge in [-0.3, -0.25) is 9.69 Å². The van der Waals surface area contributed by atoms with Crippen LogP contribution in [0, 0.1) is 0 Å². The molecular formula is C32H32N4OS. The van der Waals surface area contributed by atoms with E-state index in [9.17, 15) is 4.79 Å². The summed E-state index contributed by atoms with van der Waals surface area (Å²) in [6, 6.07) is 38.4. The molecule has 4 aromatic rings. The summed E-state index contributed by atoms with van der Waals surface area (Å²) in [6.45, 7) is 5.06. The van der Waals surface area contributed by atoms with Crippen molar-refractivity contribution >= 4 is 34.6 Å². The second kappa shape index (κ2) is 12.5. The zero-order valence-corrected chi connectivity index (χ0v) is 22.1. The zero-order valence-electron chi connectivity index (χ0n) is 21.3. The maximum absolute atomic E-state index is 13.3. The number of piperazine rings is 1. The largest absolute Gasteiger partial charge is 0.369 e. The first kappa shape index (κ1) is 25.6. The summed E-state index contributed by atoms with van der Waals surface area (Å²) in [5.41, 5.74) is 5.24. The Morgan fingerprint density at radius 2 is 1.24 bits per heavy atom. The Bertz CT molecular complexity index is 1280. The molecule has 1 saturated heterocycles. The number of anilines is 2. The van der Waals surface area contributed by atoms with E-state index in [1.54, 1.807) is 0 Å². The van der Waals surface area contributed by atoms with Gasteiger partial charge in [-0.25, -0.2) is 0 Å². The first-order chi connectivity index (χ1) is 18.7. The predicted molar refractivity (Wildman–Crippen MR) is 159 cm³/mol. The third kappa shape index (κ3) is 6.65. The average Bonchev–Trinajstić information content (AvgIpc) is 2.96. The zero-order chi connectivity index (χ0) is 26.2. The lowest BCUT2D eigenvalue weighted by Crippen LogP contribution is -2.45. The maximum Gasteiger partial charge on any atom is 0.238 e. The van der Waals surface area contributed by atoms with Crippen LogP contribution in [0.5, 0.6) is 0 Å². The molecule has 5 rings (SSSR count). The third-order valence-corrected chi connectivity index (χ3v) is 7.08. The Morgan fingerprint density at radius 3 is 1.79 bits per heavy atom. The fourth-order valence-electron chi connectivity index (χ4n) is 4.89. The molecule has 0 unspecified atom stereocenters. The van der Waals surface area contributed by atoms with Gasteiger partial charge >= 0.3 is 0 Å². The average molecular weight is 521 g/mol. The first-order valence-corrected chi connectivity index (χ1v) is 13.4. The minimum atomic E-state index is -0.444. The van der Waals surface area contributed by atoms with Crippen molar-refractivity contribution in [2.24, 2.45) is 0 Å². The molecule has 0 bridgehead atoms. The van der Waals surface area contributed by atoms with Crippen LogP contribution in [-0.2, 0) is 11.3 Å². The van der Waals surface area contributed by atoms with E-state index in [-0.39, 0.29) is 11.0 Å². The van der Waals surface area contributed by atoms with E-state index in [1.807, 2.05) is 72.8 Å². The van der Waals surface area contributed by atoms with E-state index in [0.29, 0.717) is 0 Å². The lowest BCUT2D eigenvalue weighted by molar-refractivity contribution is -0.120. The Labute approximate surface area is 230 Å². The first-order valence-electron chi connectivity index (χ1n) is 13.0. The van der Waals surface area contributed by atoms with Gasteiger partial charge in [-0.2, -0.15) is 0 Å². The molecule has 0 aliphatic carbocycles. The number of thiocarbonyl (C=S) groups is 1. The minimum Gasteiger partial charge on any atom is -0.369 e. The van der Waals surface area contributed by atoms with E-state index >= 15 is 0 Å². The van der Waals surface area contributed by atoms with Crippen LogP contribution in [0.3, 0.4) is 0 Å². The summed E-state index contributed by atoms with van der Waals surface area (Å²) < 4.78 is 0. The van der Waals surface area contributed by atoms with Gasteiger partial charge in [0, 0.05) is 44.1 Å². The highest BCUT2D eigenvalue weighted by molar-refractivity contribution is 7.80. The maximum atomic E-state index is 13.3. The van der Waals surface area contributed by atoms with Crippen molar-refractivity contribution in [2.75, 3.05) is 36.4 Å². The van der Waals surface area contributed by atoms with Crippen molar-refractivity contribution in [2.45, 2.75) is 12.5 Å². The Balaban J connectivity index is 1.15. The number of carbonyl (C=O) groups excluding carboxylic acids is 1. The molecule has 1 amide bonds. The summed E-state index contributed by atoms with van der Waals surface area (Å²) in [5.74, 6) is -0.607. The molecule has 0 saturated carbocycles. The molecule has 1 aliphatic heterocycles. The Morgan fingerprint density at radius 1 is 0.711 bits per heavy atom. The van der Waals surface area contributed by atoms with Crippen molar-refractivity contribution in [3.05, 3.63) is 132 Å². The number of rotatable bonds is 7. The molecule has 6 heteroatoms. The monoisotopic (exact) mass is 520 g/mol. The fourth-order valence-corrected chi connectivity index (χ4v) is 5.11. The quantitative estimate of drug-likeness (QED) is 0.308. The number of nitrogens with zero attached hydrogens (tertiary/aromatic N) is 2. The summed E-state index contributed by atoms with van der Waals surface area (Å²) in [7, 11) is 0. The van der Waals surface area contributed by atoms with E-state index in [1.165, 1.54) is 11.3 Å². The Kier molecular flexibility index (Phi) is 8.43. The number of nitrogens with one attached hydrogen (secondary N) is 2. The predicted octanol–water partition coefficient (Wildman–Crippen LogP) is 5.65. The molecule has 1 fully saturated rings. The molecule has 0 radical (unpaired) electrons. The van der Waals surface area contributed by atoms with E-state index < -0.39 is 5.92 Å². The van der Waals surface area contributed by atoms with Crippen LogP contribution in [0.2, 0.25) is 0 Å². The van der Waals surface area contributed by atoms with Crippen LogP contribution in [0.15, 0.2) is 115 Å². The van der Waals surface area contributed by atoms with Gasteiger partial charge in [-0.15, -0.1) is 0 Å². The highest BCUT2D eigenvalue weighted by Gasteiger charge is 2.23. The van der Waals surface area contributed by atoms with Gasteiger partial charge < -0.3 is 15.5 Å². The van der Waals surface area contributed by atoms with Crippen LogP contribution in [0.25, 0.3) is 0 Å². The number of hydrogen-bond donors (Lipinski definition) is 2. The van der Waals surface area contributed by atoms with E-state index in [4.69, 9.17) is 12.2 Å². The van der Waals surface area contributed by atoms with E-state index in [0.717, 1.165) is 49.5 Å². The molecule has 0 spiro atoms. The lowest BCUT2D eigenvalue weighted by atomic mass is 9.90. The number of amides is 1. The molecule has 4 aromatic carbocycles. The summed E-state index contributed by atoms with van der Waals surface area (Å²) in [6.07, 6.45) is 0. The molecule has 192 valence electrons. The number of hydrogen-bond acceptors (Lipinski definition) is 4. The SMILES string of the molecule is O=C(NC(=S)Nc1ccc(N2CCN(Cc3ccccc3)CC2)cc1)C(c1ccccc1)c1ccccc1. The number of benzene rings is 4. The van der Waals surface area contributed by atoms with Gasteiger partial charge in [0.05, 0.1) is 5.92 Å². The van der Waals surface area contributed by atoms with Gasteiger partial charge in [-0.1, -0.05) is 91.0 Å². The van der Waals surface area contributed by atoms with Crippen molar-refractivity contribution in [3.8, 4) is 0 Å². The van der Waals surface area contributed by atoms with Gasteiger partial charge in [0.25, 0.3) is 0 Å². The van der Waals surface area contributed by atoms with Crippen LogP contribution in [0.1, 0.15) is 22.6 Å². The third-order valence-electron chi connectivity index (χ3n) is 6.88. The van der Waals surface area contributed by atoms with Gasteiger partial charge in [-0.05, 0) is 53.2 Å². The van der Waals surface area contributed by atoms with Crippen molar-refractivity contribution in [1.29, 1.82) is 0 Å². The summed E-state index contributed by atoms with van der Waals surface area (Å²) in [5, 5.41) is 6.35. The molecule has 0 aromatic heterocycles. The topological polar surface area (TPSA) is 47.6 Å². The number of carbonyl (C=O) groups is 1. The van der Waals surface area contributed by atoms with E-state index in [2.05, 4.69) is 62.9 Å². The molecule has 38 heavy (non-hydrogen) atoms. The van der Waals surface area contributed by atoms with Crippen LogP contribution >= 0.6 is 12.2 Å². The second-order valence-corrected chi connectivity index (χ2v) is 9.90. The van der Waals surface area contributed by atoms with Crippen LogP contribution in [0.4, 0.5) is 11.4 Å². The lowest BCUT2D eigenvalue weighted by Gasteiger charge is -2.36. The molecule has 1 heterocycles. The fraction of sp³-hybridized carbons (Fsp3) is 0.188. The highest BCUT2D eigenvalue weighted by atomic mass is 32.1. The van der Waals surface area contributed by atoms with Crippen LogP contribution in [-0.4, -0.2) is 42.1 Å². The smallest absolute Gasteiger partial charge is 0.238 e. The summed E-state index contributed by atoms with van der Waals surface area (Å²) in [4.78, 5) is 18.2. The molecular weight excluding hydrogens is 488 g/mol.